The van der Waals surface area contributed by atoms with Gasteiger partial charge in [0.2, 0.25) is 0 Å². The number of rotatable bonds is 9. The van der Waals surface area contributed by atoms with Crippen LogP contribution in [0.25, 0.3) is 0 Å². The first-order valence-corrected chi connectivity index (χ1v) is 8.41. The maximum Gasteiger partial charge on any atom is 0.103 e. The molecule has 0 amide bonds. The van der Waals surface area contributed by atoms with E-state index in [1.54, 1.807) is 0 Å². The van der Waals surface area contributed by atoms with Crippen LogP contribution in [-0.4, -0.2) is 36.6 Å². The molecule has 0 aromatic heterocycles. The van der Waals surface area contributed by atoms with Crippen LogP contribution in [0.1, 0.15) is 66.2 Å². The molecular formula is C17H33N3. The van der Waals surface area contributed by atoms with E-state index in [1.807, 2.05) is 6.92 Å². The van der Waals surface area contributed by atoms with Crippen molar-refractivity contribution in [2.75, 3.05) is 26.2 Å². The van der Waals surface area contributed by atoms with E-state index in [9.17, 15) is 5.26 Å². The van der Waals surface area contributed by atoms with E-state index in [-0.39, 0.29) is 5.54 Å². The molecule has 0 saturated carbocycles. The fraction of sp³-hybridized carbons (Fsp3) is 0.941. The third-order valence-corrected chi connectivity index (χ3v) is 5.23. The van der Waals surface area contributed by atoms with Gasteiger partial charge >= 0.3 is 0 Å². The number of likely N-dealkylation sites (tertiary alicyclic amines) is 1. The highest BCUT2D eigenvalue weighted by Gasteiger charge is 2.34. The minimum absolute atomic E-state index is 0.337. The van der Waals surface area contributed by atoms with Gasteiger partial charge in [-0.05, 0) is 70.5 Å². The van der Waals surface area contributed by atoms with Crippen LogP contribution in [-0.2, 0) is 0 Å². The van der Waals surface area contributed by atoms with Crippen LogP contribution in [0.3, 0.4) is 0 Å². The van der Waals surface area contributed by atoms with Gasteiger partial charge in [-0.25, -0.2) is 0 Å². The Kier molecular flexibility index (Phi) is 6.99. The molecule has 1 atom stereocenters. The van der Waals surface area contributed by atoms with Crippen molar-refractivity contribution < 1.29 is 0 Å². The Morgan fingerprint density at radius 2 is 1.95 bits per heavy atom. The zero-order valence-corrected chi connectivity index (χ0v) is 14.0. The van der Waals surface area contributed by atoms with E-state index in [0.717, 1.165) is 19.4 Å². The van der Waals surface area contributed by atoms with Crippen LogP contribution >= 0.6 is 0 Å². The van der Waals surface area contributed by atoms with Crippen LogP contribution in [0.4, 0.5) is 0 Å². The molecule has 1 rings (SSSR count). The molecule has 0 radical (unpaired) electrons. The Hall–Kier alpha value is -0.590. The quantitative estimate of drug-likeness (QED) is 0.656. The fourth-order valence-electron chi connectivity index (χ4n) is 3.43. The average molecular weight is 279 g/mol. The number of hydrogen-bond acceptors (Lipinski definition) is 3. The van der Waals surface area contributed by atoms with E-state index >= 15 is 0 Å². The summed E-state index contributed by atoms with van der Waals surface area (Å²) in [6, 6.07) is 2.41. The van der Waals surface area contributed by atoms with Gasteiger partial charge in [-0.3, -0.25) is 5.32 Å². The Balaban J connectivity index is 2.24. The van der Waals surface area contributed by atoms with Crippen molar-refractivity contribution in [3.63, 3.8) is 0 Å². The summed E-state index contributed by atoms with van der Waals surface area (Å²) >= 11 is 0. The normalized spacial score (nSPS) is 21.6. The average Bonchev–Trinajstić information content (AvgIpc) is 2.88. The highest BCUT2D eigenvalue weighted by molar-refractivity contribution is 5.03. The Labute approximate surface area is 125 Å². The molecule has 1 aliphatic heterocycles. The Morgan fingerprint density at radius 1 is 1.25 bits per heavy atom. The molecule has 0 bridgehead atoms. The van der Waals surface area contributed by atoms with Crippen molar-refractivity contribution in [2.45, 2.75) is 71.8 Å². The van der Waals surface area contributed by atoms with Crippen LogP contribution < -0.4 is 5.32 Å². The van der Waals surface area contributed by atoms with Crippen molar-refractivity contribution in [1.82, 2.24) is 10.2 Å². The molecule has 20 heavy (non-hydrogen) atoms. The zero-order chi connectivity index (χ0) is 15.1. The highest BCUT2D eigenvalue weighted by Crippen LogP contribution is 2.36. The molecule has 0 aromatic rings. The first-order valence-electron chi connectivity index (χ1n) is 8.41. The van der Waals surface area contributed by atoms with Gasteiger partial charge in [-0.2, -0.15) is 5.26 Å². The lowest BCUT2D eigenvalue weighted by molar-refractivity contribution is 0.236. The second-order valence-corrected chi connectivity index (χ2v) is 6.66. The molecule has 0 aliphatic carbocycles. The molecule has 1 aliphatic rings. The van der Waals surface area contributed by atoms with Gasteiger partial charge in [0.25, 0.3) is 0 Å². The summed E-state index contributed by atoms with van der Waals surface area (Å²) in [6.45, 7) is 13.4. The molecule has 1 fully saturated rings. The zero-order valence-electron chi connectivity index (χ0n) is 14.0. The van der Waals surface area contributed by atoms with E-state index < -0.39 is 0 Å². The molecule has 0 spiro atoms. The smallest absolute Gasteiger partial charge is 0.103 e. The standard InChI is InChI=1S/C17H33N3/c1-5-17(6-2)11-13-20(15-17)12-9-8-10-16(4,14-18)19-7-3/h19H,5-13,15H2,1-4H3. The predicted octanol–water partition coefficient (Wildman–Crippen LogP) is 3.56. The third-order valence-electron chi connectivity index (χ3n) is 5.23. The minimum Gasteiger partial charge on any atom is -0.303 e. The van der Waals surface area contributed by atoms with Crippen LogP contribution in [0.2, 0.25) is 0 Å². The van der Waals surface area contributed by atoms with Gasteiger partial charge < -0.3 is 4.90 Å². The summed E-state index contributed by atoms with van der Waals surface area (Å²) in [6.07, 6.45) is 7.30. The summed E-state index contributed by atoms with van der Waals surface area (Å²) in [5, 5.41) is 12.5. The predicted molar refractivity (Wildman–Crippen MR) is 85.6 cm³/mol. The first kappa shape index (κ1) is 17.5. The summed E-state index contributed by atoms with van der Waals surface area (Å²) in [5.41, 5.74) is 0.251. The van der Waals surface area contributed by atoms with Crippen molar-refractivity contribution in [3.8, 4) is 6.07 Å². The lowest BCUT2D eigenvalue weighted by Gasteiger charge is -2.27. The van der Waals surface area contributed by atoms with Crippen molar-refractivity contribution in [2.24, 2.45) is 5.41 Å². The SMILES string of the molecule is CCNC(C)(C#N)CCCCN1CCC(CC)(CC)C1. The molecule has 3 nitrogen and oxygen atoms in total. The molecule has 1 unspecified atom stereocenters. The van der Waals surface area contributed by atoms with Gasteiger partial charge in [0.05, 0.1) is 6.07 Å². The summed E-state index contributed by atoms with van der Waals surface area (Å²) < 4.78 is 0. The molecule has 1 heterocycles. The van der Waals surface area contributed by atoms with Gasteiger partial charge in [0, 0.05) is 6.54 Å². The monoisotopic (exact) mass is 279 g/mol. The van der Waals surface area contributed by atoms with Crippen molar-refractivity contribution in [1.29, 1.82) is 5.26 Å². The summed E-state index contributed by atoms with van der Waals surface area (Å²) in [4.78, 5) is 2.63. The molecule has 3 heteroatoms. The topological polar surface area (TPSA) is 39.1 Å². The number of nitrogens with one attached hydrogen (secondary N) is 1. The number of hydrogen-bond donors (Lipinski definition) is 1. The number of nitriles is 1. The maximum atomic E-state index is 9.24. The van der Waals surface area contributed by atoms with E-state index in [4.69, 9.17) is 0 Å². The number of unbranched alkanes of at least 4 members (excludes halogenated alkanes) is 1. The summed E-state index contributed by atoms with van der Waals surface area (Å²) in [5.74, 6) is 0. The molecule has 116 valence electrons. The van der Waals surface area contributed by atoms with Crippen LogP contribution in [0, 0.1) is 16.7 Å². The van der Waals surface area contributed by atoms with Gasteiger partial charge in [-0.15, -0.1) is 0 Å². The van der Waals surface area contributed by atoms with Gasteiger partial charge in [0.15, 0.2) is 0 Å². The second-order valence-electron chi connectivity index (χ2n) is 6.66. The Bertz CT molecular complexity index is 317. The Morgan fingerprint density at radius 3 is 2.45 bits per heavy atom. The van der Waals surface area contributed by atoms with E-state index in [1.165, 1.54) is 45.3 Å². The van der Waals surface area contributed by atoms with E-state index in [0.29, 0.717) is 5.41 Å². The lowest BCUT2D eigenvalue weighted by Crippen LogP contribution is -2.40. The lowest BCUT2D eigenvalue weighted by atomic mass is 9.82. The maximum absolute atomic E-state index is 9.24. The molecular weight excluding hydrogens is 246 g/mol. The second kappa shape index (κ2) is 8.00. The van der Waals surface area contributed by atoms with Crippen molar-refractivity contribution >= 4 is 0 Å². The fourth-order valence-corrected chi connectivity index (χ4v) is 3.43. The molecule has 1 saturated heterocycles. The van der Waals surface area contributed by atoms with Gasteiger partial charge in [-0.1, -0.05) is 20.8 Å². The molecule has 1 N–H and O–H groups in total. The highest BCUT2D eigenvalue weighted by atomic mass is 15.2. The largest absolute Gasteiger partial charge is 0.303 e. The van der Waals surface area contributed by atoms with Crippen LogP contribution in [0.15, 0.2) is 0 Å². The third kappa shape index (κ3) is 4.75. The van der Waals surface area contributed by atoms with E-state index in [2.05, 4.69) is 37.1 Å². The minimum atomic E-state index is -0.337. The van der Waals surface area contributed by atoms with Crippen LogP contribution in [0.5, 0.6) is 0 Å². The van der Waals surface area contributed by atoms with Gasteiger partial charge in [0.1, 0.15) is 5.54 Å². The summed E-state index contributed by atoms with van der Waals surface area (Å²) in [7, 11) is 0. The molecule has 0 aromatic carbocycles. The first-order chi connectivity index (χ1) is 9.53. The number of nitrogens with zero attached hydrogens (tertiary/aromatic N) is 2. The van der Waals surface area contributed by atoms with Crippen molar-refractivity contribution in [3.05, 3.63) is 0 Å².